The van der Waals surface area contributed by atoms with Crippen LogP contribution in [0.4, 0.5) is 0 Å². The van der Waals surface area contributed by atoms with Gasteiger partial charge in [0.15, 0.2) is 0 Å². The third-order valence-corrected chi connectivity index (χ3v) is 1.65. The van der Waals surface area contributed by atoms with Crippen molar-refractivity contribution in [3.05, 3.63) is 0 Å². The molecular formula is C5H10NOS. The molecule has 2 nitrogen and oxygen atoms in total. The van der Waals surface area contributed by atoms with Crippen molar-refractivity contribution in [2.24, 2.45) is 0 Å². The second kappa shape index (κ2) is 2.71. The summed E-state index contributed by atoms with van der Waals surface area (Å²) >= 11 is 1.46. The lowest BCUT2D eigenvalue weighted by molar-refractivity contribution is 0.279. The second-order valence-corrected chi connectivity index (χ2v) is 3.09. The lowest BCUT2D eigenvalue weighted by Crippen LogP contribution is -2.33. The van der Waals surface area contributed by atoms with Crippen LogP contribution in [0, 0.1) is 0 Å². The highest BCUT2D eigenvalue weighted by molar-refractivity contribution is 7.95. The lowest BCUT2D eigenvalue weighted by Gasteiger charge is -2.22. The Balaban J connectivity index is 2.23. The third-order valence-electron chi connectivity index (χ3n) is 0.981. The zero-order chi connectivity index (χ0) is 5.98. The molecule has 0 aromatic heterocycles. The van der Waals surface area contributed by atoms with Crippen molar-refractivity contribution < 1.29 is 4.18 Å². The van der Waals surface area contributed by atoms with Crippen molar-refractivity contribution in [2.45, 2.75) is 25.3 Å². The van der Waals surface area contributed by atoms with Gasteiger partial charge in [-0.25, -0.2) is 5.32 Å². The van der Waals surface area contributed by atoms with E-state index in [-0.39, 0.29) is 0 Å². The Kier molecular flexibility index (Phi) is 2.16. The van der Waals surface area contributed by atoms with E-state index < -0.39 is 0 Å². The van der Waals surface area contributed by atoms with E-state index in [0.717, 1.165) is 6.61 Å². The number of nitrogens with zero attached hydrogens (tertiary/aromatic N) is 1. The highest BCUT2D eigenvalue weighted by atomic mass is 32.2. The van der Waals surface area contributed by atoms with Crippen molar-refractivity contribution in [1.82, 2.24) is 5.32 Å². The Morgan fingerprint density at radius 2 is 2.38 bits per heavy atom. The molecule has 0 spiro atoms. The SMILES string of the molecule is CC1COSC(C)[N]1. The van der Waals surface area contributed by atoms with E-state index in [9.17, 15) is 0 Å². The molecule has 1 rings (SSSR count). The van der Waals surface area contributed by atoms with Crippen molar-refractivity contribution in [1.29, 1.82) is 0 Å². The molecule has 0 bridgehead atoms. The summed E-state index contributed by atoms with van der Waals surface area (Å²) in [6.07, 6.45) is 0. The Labute approximate surface area is 54.2 Å². The van der Waals surface area contributed by atoms with Gasteiger partial charge in [-0.3, -0.25) is 0 Å². The molecule has 0 aliphatic carbocycles. The minimum absolute atomic E-state index is 0.332. The highest BCUT2D eigenvalue weighted by Crippen LogP contribution is 2.16. The van der Waals surface area contributed by atoms with Crippen LogP contribution in [-0.4, -0.2) is 18.0 Å². The van der Waals surface area contributed by atoms with Crippen LogP contribution >= 0.6 is 12.0 Å². The molecule has 1 aliphatic heterocycles. The van der Waals surface area contributed by atoms with Crippen molar-refractivity contribution >= 4 is 12.0 Å². The summed E-state index contributed by atoms with van der Waals surface area (Å²) in [4.78, 5) is 0. The minimum Gasteiger partial charge on any atom is -0.312 e. The molecule has 0 aromatic carbocycles. The molecular weight excluding hydrogens is 122 g/mol. The van der Waals surface area contributed by atoms with E-state index in [0.29, 0.717) is 11.4 Å². The van der Waals surface area contributed by atoms with Gasteiger partial charge in [-0.1, -0.05) is 0 Å². The van der Waals surface area contributed by atoms with Gasteiger partial charge >= 0.3 is 0 Å². The van der Waals surface area contributed by atoms with E-state index in [1.54, 1.807) is 0 Å². The quantitative estimate of drug-likeness (QED) is 0.459. The first-order chi connectivity index (χ1) is 3.79. The van der Waals surface area contributed by atoms with Crippen LogP contribution in [0.25, 0.3) is 0 Å². The van der Waals surface area contributed by atoms with Gasteiger partial charge in [-0.2, -0.15) is 0 Å². The fourth-order valence-corrected chi connectivity index (χ4v) is 1.39. The van der Waals surface area contributed by atoms with E-state index in [4.69, 9.17) is 4.18 Å². The monoisotopic (exact) mass is 132 g/mol. The van der Waals surface area contributed by atoms with Crippen LogP contribution < -0.4 is 5.32 Å². The minimum atomic E-state index is 0.332. The molecule has 3 heteroatoms. The van der Waals surface area contributed by atoms with Crippen LogP contribution in [0.5, 0.6) is 0 Å². The lowest BCUT2D eigenvalue weighted by atomic mass is 10.4. The third kappa shape index (κ3) is 1.65. The smallest absolute Gasteiger partial charge is 0.0937 e. The molecule has 1 radical (unpaired) electrons. The predicted molar refractivity (Wildman–Crippen MR) is 34.6 cm³/mol. The highest BCUT2D eigenvalue weighted by Gasteiger charge is 2.15. The number of rotatable bonds is 0. The zero-order valence-electron chi connectivity index (χ0n) is 5.13. The molecule has 1 aliphatic rings. The van der Waals surface area contributed by atoms with E-state index in [2.05, 4.69) is 12.2 Å². The molecule has 1 fully saturated rings. The van der Waals surface area contributed by atoms with Gasteiger partial charge < -0.3 is 4.18 Å². The van der Waals surface area contributed by atoms with Gasteiger partial charge in [0.2, 0.25) is 0 Å². The summed E-state index contributed by atoms with van der Waals surface area (Å²) < 4.78 is 5.12. The predicted octanol–water partition coefficient (Wildman–Crippen LogP) is 1.00. The molecule has 0 aromatic rings. The van der Waals surface area contributed by atoms with Crippen LogP contribution in [-0.2, 0) is 4.18 Å². The number of hydrogen-bond donors (Lipinski definition) is 0. The van der Waals surface area contributed by atoms with Gasteiger partial charge in [0.05, 0.1) is 12.0 Å². The van der Waals surface area contributed by atoms with Crippen LogP contribution in [0.15, 0.2) is 0 Å². The molecule has 8 heavy (non-hydrogen) atoms. The van der Waals surface area contributed by atoms with Crippen LogP contribution in [0.3, 0.4) is 0 Å². The van der Waals surface area contributed by atoms with Crippen LogP contribution in [0.2, 0.25) is 0 Å². The molecule has 1 saturated heterocycles. The molecule has 0 saturated carbocycles. The second-order valence-electron chi connectivity index (χ2n) is 1.98. The Morgan fingerprint density at radius 3 is 2.75 bits per heavy atom. The van der Waals surface area contributed by atoms with Gasteiger partial charge in [0.1, 0.15) is 0 Å². The molecule has 1 heterocycles. The first-order valence-electron chi connectivity index (χ1n) is 2.77. The van der Waals surface area contributed by atoms with Crippen molar-refractivity contribution in [3.8, 4) is 0 Å². The van der Waals surface area contributed by atoms with Gasteiger partial charge in [-0.15, -0.1) is 0 Å². The average Bonchev–Trinajstić information content (AvgIpc) is 1.64. The summed E-state index contributed by atoms with van der Waals surface area (Å²) in [5.41, 5.74) is 0. The standard InChI is InChI=1S/C5H10NOS/c1-4-3-7-8-5(2)6-4/h4-5H,3H2,1-2H3. The van der Waals surface area contributed by atoms with E-state index >= 15 is 0 Å². The maximum atomic E-state index is 5.12. The summed E-state index contributed by atoms with van der Waals surface area (Å²) in [5.74, 6) is 0. The molecule has 47 valence electrons. The fraction of sp³-hybridized carbons (Fsp3) is 1.00. The van der Waals surface area contributed by atoms with Crippen molar-refractivity contribution in [3.63, 3.8) is 0 Å². The Bertz CT molecular complexity index is 70.8. The molecule has 2 unspecified atom stereocenters. The first-order valence-corrected chi connectivity index (χ1v) is 3.58. The Morgan fingerprint density at radius 1 is 1.62 bits per heavy atom. The van der Waals surface area contributed by atoms with Gasteiger partial charge in [-0.05, 0) is 13.8 Å². The van der Waals surface area contributed by atoms with Crippen molar-refractivity contribution in [2.75, 3.05) is 6.61 Å². The topological polar surface area (TPSA) is 23.3 Å². The number of hydrogen-bond acceptors (Lipinski definition) is 2. The zero-order valence-corrected chi connectivity index (χ0v) is 5.94. The average molecular weight is 132 g/mol. The normalized spacial score (nSPS) is 39.8. The van der Waals surface area contributed by atoms with E-state index in [1.165, 1.54) is 12.0 Å². The van der Waals surface area contributed by atoms with E-state index in [1.807, 2.05) is 6.92 Å². The summed E-state index contributed by atoms with van der Waals surface area (Å²) in [6.45, 7) is 4.88. The summed E-state index contributed by atoms with van der Waals surface area (Å²) in [6, 6.07) is 0.395. The maximum Gasteiger partial charge on any atom is 0.0937 e. The maximum absolute atomic E-state index is 5.12. The summed E-state index contributed by atoms with van der Waals surface area (Å²) in [5, 5.41) is 4.65. The molecule has 0 amide bonds. The van der Waals surface area contributed by atoms with Crippen LogP contribution in [0.1, 0.15) is 13.8 Å². The molecule has 2 atom stereocenters. The fourth-order valence-electron chi connectivity index (χ4n) is 0.662. The Hall–Kier alpha value is 0.270. The largest absolute Gasteiger partial charge is 0.312 e. The summed E-state index contributed by atoms with van der Waals surface area (Å²) in [7, 11) is 0. The van der Waals surface area contributed by atoms with Gasteiger partial charge in [0, 0.05) is 18.1 Å². The first kappa shape index (κ1) is 6.39. The molecule has 0 N–H and O–H groups in total. The van der Waals surface area contributed by atoms with Gasteiger partial charge in [0.25, 0.3) is 0 Å².